The van der Waals surface area contributed by atoms with Gasteiger partial charge in [0, 0.05) is 30.1 Å². The molecule has 112 valence electrons. The maximum atomic E-state index is 5.60. The molecule has 1 aromatic carbocycles. The van der Waals surface area contributed by atoms with Crippen molar-refractivity contribution >= 4 is 15.9 Å². The van der Waals surface area contributed by atoms with Crippen LogP contribution in [0.25, 0.3) is 0 Å². The SMILES string of the molecule is CCNC(CCN1CCOC(C)C1)c1ccc(Br)cc1. The van der Waals surface area contributed by atoms with Crippen molar-refractivity contribution in [2.45, 2.75) is 32.4 Å². The molecular weight excluding hydrogens is 316 g/mol. The fourth-order valence-corrected chi connectivity index (χ4v) is 3.00. The lowest BCUT2D eigenvalue weighted by molar-refractivity contribution is -0.0192. The van der Waals surface area contributed by atoms with Crippen LogP contribution >= 0.6 is 15.9 Å². The van der Waals surface area contributed by atoms with Crippen LogP contribution in [-0.2, 0) is 4.74 Å². The van der Waals surface area contributed by atoms with Gasteiger partial charge in [0.15, 0.2) is 0 Å². The van der Waals surface area contributed by atoms with Gasteiger partial charge in [-0.2, -0.15) is 0 Å². The molecule has 1 saturated heterocycles. The molecule has 0 bridgehead atoms. The van der Waals surface area contributed by atoms with Crippen LogP contribution in [0.3, 0.4) is 0 Å². The van der Waals surface area contributed by atoms with E-state index >= 15 is 0 Å². The fraction of sp³-hybridized carbons (Fsp3) is 0.625. The standard InChI is InChI=1S/C16H25BrN2O/c1-3-18-16(14-4-6-15(17)7-5-14)8-9-19-10-11-20-13(2)12-19/h4-7,13,16,18H,3,8-12H2,1-2H3. The number of nitrogens with zero attached hydrogens (tertiary/aromatic N) is 1. The average Bonchev–Trinajstić information content (AvgIpc) is 2.44. The van der Waals surface area contributed by atoms with Crippen molar-refractivity contribution in [2.24, 2.45) is 0 Å². The fourth-order valence-electron chi connectivity index (χ4n) is 2.73. The summed E-state index contributed by atoms with van der Waals surface area (Å²) in [6, 6.07) is 9.09. The average molecular weight is 341 g/mol. The van der Waals surface area contributed by atoms with Crippen molar-refractivity contribution in [3.8, 4) is 0 Å². The quantitative estimate of drug-likeness (QED) is 0.860. The summed E-state index contributed by atoms with van der Waals surface area (Å²) in [6.45, 7) is 9.43. The largest absolute Gasteiger partial charge is 0.376 e. The third kappa shape index (κ3) is 4.85. The number of hydrogen-bond donors (Lipinski definition) is 1. The molecule has 2 unspecified atom stereocenters. The first-order valence-corrected chi connectivity index (χ1v) is 8.31. The van der Waals surface area contributed by atoms with Crippen LogP contribution in [0.1, 0.15) is 31.9 Å². The van der Waals surface area contributed by atoms with Gasteiger partial charge in [-0.3, -0.25) is 4.90 Å². The van der Waals surface area contributed by atoms with Crippen molar-refractivity contribution in [3.05, 3.63) is 34.3 Å². The number of morpholine rings is 1. The highest BCUT2D eigenvalue weighted by Gasteiger charge is 2.18. The minimum atomic E-state index is 0.369. The topological polar surface area (TPSA) is 24.5 Å². The Balaban J connectivity index is 1.90. The van der Waals surface area contributed by atoms with Crippen molar-refractivity contribution in [1.29, 1.82) is 0 Å². The lowest BCUT2D eigenvalue weighted by Crippen LogP contribution is -2.42. The lowest BCUT2D eigenvalue weighted by Gasteiger charge is -2.32. The van der Waals surface area contributed by atoms with Gasteiger partial charge in [-0.05, 0) is 37.6 Å². The predicted molar refractivity (Wildman–Crippen MR) is 87.0 cm³/mol. The smallest absolute Gasteiger partial charge is 0.0674 e. The van der Waals surface area contributed by atoms with E-state index in [0.29, 0.717) is 12.1 Å². The summed E-state index contributed by atoms with van der Waals surface area (Å²) < 4.78 is 6.74. The summed E-state index contributed by atoms with van der Waals surface area (Å²) in [5.41, 5.74) is 1.37. The second kappa shape index (κ2) is 8.13. The zero-order valence-corrected chi connectivity index (χ0v) is 14.0. The molecule has 0 spiro atoms. The Labute approximate surface area is 130 Å². The zero-order valence-electron chi connectivity index (χ0n) is 12.4. The highest BCUT2D eigenvalue weighted by atomic mass is 79.9. The molecule has 4 heteroatoms. The molecule has 1 N–H and O–H groups in total. The third-order valence-electron chi connectivity index (χ3n) is 3.78. The third-order valence-corrected chi connectivity index (χ3v) is 4.31. The monoisotopic (exact) mass is 340 g/mol. The van der Waals surface area contributed by atoms with Crippen LogP contribution in [0.4, 0.5) is 0 Å². The van der Waals surface area contributed by atoms with Crippen molar-refractivity contribution in [1.82, 2.24) is 10.2 Å². The maximum Gasteiger partial charge on any atom is 0.0674 e. The van der Waals surface area contributed by atoms with Gasteiger partial charge in [-0.25, -0.2) is 0 Å². The first-order chi connectivity index (χ1) is 9.69. The Kier molecular flexibility index (Phi) is 6.49. The van der Waals surface area contributed by atoms with E-state index in [9.17, 15) is 0 Å². The van der Waals surface area contributed by atoms with Gasteiger partial charge in [-0.15, -0.1) is 0 Å². The number of rotatable bonds is 6. The minimum absolute atomic E-state index is 0.369. The molecule has 2 atom stereocenters. The van der Waals surface area contributed by atoms with Gasteiger partial charge in [0.2, 0.25) is 0 Å². The van der Waals surface area contributed by atoms with Crippen LogP contribution in [0.15, 0.2) is 28.7 Å². The second-order valence-electron chi connectivity index (χ2n) is 5.43. The van der Waals surface area contributed by atoms with Crippen LogP contribution in [-0.4, -0.2) is 43.8 Å². The van der Waals surface area contributed by atoms with Gasteiger partial charge in [0.05, 0.1) is 12.7 Å². The van der Waals surface area contributed by atoms with Gasteiger partial charge in [0.25, 0.3) is 0 Å². The second-order valence-corrected chi connectivity index (χ2v) is 6.35. The number of hydrogen-bond acceptors (Lipinski definition) is 3. The van der Waals surface area contributed by atoms with E-state index in [0.717, 1.165) is 43.7 Å². The summed E-state index contributed by atoms with van der Waals surface area (Å²) in [5, 5.41) is 3.60. The molecule has 3 nitrogen and oxygen atoms in total. The summed E-state index contributed by atoms with van der Waals surface area (Å²) in [6.07, 6.45) is 1.51. The zero-order chi connectivity index (χ0) is 14.4. The molecule has 0 saturated carbocycles. The summed E-state index contributed by atoms with van der Waals surface area (Å²) in [4.78, 5) is 2.51. The molecule has 20 heavy (non-hydrogen) atoms. The van der Waals surface area contributed by atoms with Gasteiger partial charge in [0.1, 0.15) is 0 Å². The van der Waals surface area contributed by atoms with E-state index in [2.05, 4.69) is 64.3 Å². The van der Waals surface area contributed by atoms with E-state index in [4.69, 9.17) is 4.74 Å². The highest BCUT2D eigenvalue weighted by Crippen LogP contribution is 2.20. The molecule has 1 aliphatic rings. The van der Waals surface area contributed by atoms with Gasteiger partial charge >= 0.3 is 0 Å². The number of benzene rings is 1. The highest BCUT2D eigenvalue weighted by molar-refractivity contribution is 9.10. The van der Waals surface area contributed by atoms with Crippen LogP contribution < -0.4 is 5.32 Å². The van der Waals surface area contributed by atoms with Gasteiger partial charge in [-0.1, -0.05) is 35.0 Å². The van der Waals surface area contributed by atoms with Crippen LogP contribution in [0.5, 0.6) is 0 Å². The van der Waals surface area contributed by atoms with E-state index in [-0.39, 0.29) is 0 Å². The number of nitrogens with one attached hydrogen (secondary N) is 1. The van der Waals surface area contributed by atoms with E-state index in [1.54, 1.807) is 0 Å². The van der Waals surface area contributed by atoms with Crippen LogP contribution in [0.2, 0.25) is 0 Å². The molecule has 0 aromatic heterocycles. The molecule has 0 amide bonds. The van der Waals surface area contributed by atoms with Crippen LogP contribution in [0, 0.1) is 0 Å². The Morgan fingerprint density at radius 3 is 2.80 bits per heavy atom. The number of halogens is 1. The van der Waals surface area contributed by atoms with Crippen molar-refractivity contribution in [2.75, 3.05) is 32.8 Å². The van der Waals surface area contributed by atoms with Crippen molar-refractivity contribution < 1.29 is 4.74 Å². The van der Waals surface area contributed by atoms with E-state index < -0.39 is 0 Å². The Morgan fingerprint density at radius 1 is 1.40 bits per heavy atom. The first-order valence-electron chi connectivity index (χ1n) is 7.52. The minimum Gasteiger partial charge on any atom is -0.376 e. The van der Waals surface area contributed by atoms with Crippen molar-refractivity contribution in [3.63, 3.8) is 0 Å². The Bertz CT molecular complexity index is 396. The normalized spacial score (nSPS) is 21.9. The molecule has 2 rings (SSSR count). The maximum absolute atomic E-state index is 5.60. The van der Waals surface area contributed by atoms with E-state index in [1.165, 1.54) is 5.56 Å². The Morgan fingerprint density at radius 2 is 2.15 bits per heavy atom. The molecule has 1 aliphatic heterocycles. The predicted octanol–water partition coefficient (Wildman–Crippen LogP) is 3.21. The first kappa shape index (κ1) is 16.0. The molecule has 1 heterocycles. The summed E-state index contributed by atoms with van der Waals surface area (Å²) >= 11 is 3.50. The summed E-state index contributed by atoms with van der Waals surface area (Å²) in [7, 11) is 0. The molecule has 0 aliphatic carbocycles. The van der Waals surface area contributed by atoms with Gasteiger partial charge < -0.3 is 10.1 Å². The van der Waals surface area contributed by atoms with E-state index in [1.807, 2.05) is 0 Å². The molecule has 1 fully saturated rings. The molecule has 1 aromatic rings. The summed E-state index contributed by atoms with van der Waals surface area (Å²) in [5.74, 6) is 0. The lowest BCUT2D eigenvalue weighted by atomic mass is 10.0. The molecular formula is C16H25BrN2O. The molecule has 0 radical (unpaired) electrons. The number of ether oxygens (including phenoxy) is 1. The Hall–Kier alpha value is -0.420.